The number of allylic oxidation sites excluding steroid dienone is 2. The minimum absolute atomic E-state index is 0.389. The third-order valence-corrected chi connectivity index (χ3v) is 2.15. The van der Waals surface area contributed by atoms with Gasteiger partial charge in [-0.25, -0.2) is 0 Å². The summed E-state index contributed by atoms with van der Waals surface area (Å²) < 4.78 is 0. The largest absolute Gasteiger partial charge is 0.198 e. The Morgan fingerprint density at radius 1 is 1.62 bits per heavy atom. The third-order valence-electron chi connectivity index (χ3n) is 2.15. The molecule has 0 aromatic carbocycles. The van der Waals surface area contributed by atoms with Gasteiger partial charge in [0.25, 0.3) is 0 Å². The fraction of sp³-hybridized carbons (Fsp3) is 0.571. The van der Waals surface area contributed by atoms with Gasteiger partial charge in [0.1, 0.15) is 0 Å². The van der Waals surface area contributed by atoms with Gasteiger partial charge in [0.2, 0.25) is 0 Å². The van der Waals surface area contributed by atoms with Crippen molar-refractivity contribution in [1.29, 1.82) is 5.26 Å². The van der Waals surface area contributed by atoms with Crippen LogP contribution in [0, 0.1) is 29.1 Å². The van der Waals surface area contributed by atoms with Gasteiger partial charge < -0.3 is 0 Å². The van der Waals surface area contributed by atoms with Crippen LogP contribution < -0.4 is 0 Å². The Morgan fingerprint density at radius 2 is 2.50 bits per heavy atom. The Morgan fingerprint density at radius 3 is 2.88 bits per heavy atom. The SMILES string of the molecule is N#C[C@H]1[C@@H]2C=CC[C@H]12. The number of nitrogens with zero attached hydrogens (tertiary/aromatic N) is 1. The van der Waals surface area contributed by atoms with Crippen molar-refractivity contribution >= 4 is 0 Å². The Hall–Kier alpha value is -0.770. The molecule has 3 atom stereocenters. The Labute approximate surface area is 48.6 Å². The molecule has 0 saturated heterocycles. The first-order valence-electron chi connectivity index (χ1n) is 3.00. The average molecular weight is 105 g/mol. The molecule has 2 aliphatic carbocycles. The summed E-state index contributed by atoms with van der Waals surface area (Å²) in [7, 11) is 0. The molecule has 1 heteroatoms. The van der Waals surface area contributed by atoms with E-state index in [1.54, 1.807) is 0 Å². The van der Waals surface area contributed by atoms with Crippen molar-refractivity contribution in [2.24, 2.45) is 17.8 Å². The van der Waals surface area contributed by atoms with Gasteiger partial charge >= 0.3 is 0 Å². The number of nitriles is 1. The van der Waals surface area contributed by atoms with Gasteiger partial charge in [-0.1, -0.05) is 12.2 Å². The lowest BCUT2D eigenvalue weighted by atomic mass is 10.2. The predicted molar refractivity (Wildman–Crippen MR) is 29.8 cm³/mol. The second kappa shape index (κ2) is 1.14. The first kappa shape index (κ1) is 4.14. The van der Waals surface area contributed by atoms with Crippen LogP contribution in [0.4, 0.5) is 0 Å². The summed E-state index contributed by atoms with van der Waals surface area (Å²) in [6.45, 7) is 0. The molecule has 2 rings (SSSR count). The molecular formula is C7H7N. The second-order valence-corrected chi connectivity index (χ2v) is 2.56. The van der Waals surface area contributed by atoms with E-state index in [0.717, 1.165) is 12.3 Å². The van der Waals surface area contributed by atoms with E-state index in [1.807, 2.05) is 0 Å². The molecule has 0 amide bonds. The van der Waals surface area contributed by atoms with E-state index < -0.39 is 0 Å². The van der Waals surface area contributed by atoms with E-state index in [1.165, 1.54) is 0 Å². The first-order chi connectivity index (χ1) is 3.93. The standard InChI is InChI=1S/C7H7N/c8-4-7-5-2-1-3-6(5)7/h1-2,5-7H,3H2/t5-,6+,7+/m1/s1. The van der Waals surface area contributed by atoms with Crippen LogP contribution in [0.2, 0.25) is 0 Å². The maximum atomic E-state index is 8.43. The quantitative estimate of drug-likeness (QED) is 0.426. The van der Waals surface area contributed by atoms with E-state index in [2.05, 4.69) is 18.2 Å². The third kappa shape index (κ3) is 0.315. The van der Waals surface area contributed by atoms with Crippen molar-refractivity contribution in [3.05, 3.63) is 12.2 Å². The van der Waals surface area contributed by atoms with Crippen LogP contribution in [0.3, 0.4) is 0 Å². The highest BCUT2D eigenvalue weighted by atomic mass is 14.5. The number of fused-ring (bicyclic) bond motifs is 1. The summed E-state index contributed by atoms with van der Waals surface area (Å²) in [6.07, 6.45) is 5.52. The number of rotatable bonds is 0. The zero-order chi connectivity index (χ0) is 5.56. The molecule has 0 aromatic rings. The summed E-state index contributed by atoms with van der Waals surface area (Å²) in [6, 6.07) is 2.29. The van der Waals surface area contributed by atoms with Gasteiger partial charge in [0.05, 0.1) is 12.0 Å². The lowest BCUT2D eigenvalue weighted by Crippen LogP contribution is -1.74. The number of hydrogen-bond acceptors (Lipinski definition) is 1. The molecule has 0 unspecified atom stereocenters. The van der Waals surface area contributed by atoms with Gasteiger partial charge in [-0.15, -0.1) is 0 Å². The molecule has 0 spiro atoms. The fourth-order valence-corrected chi connectivity index (χ4v) is 1.54. The van der Waals surface area contributed by atoms with Crippen LogP contribution in [0.1, 0.15) is 6.42 Å². The summed E-state index contributed by atoms with van der Waals surface area (Å²) >= 11 is 0. The summed E-state index contributed by atoms with van der Waals surface area (Å²) in [4.78, 5) is 0. The summed E-state index contributed by atoms with van der Waals surface area (Å²) in [5, 5.41) is 8.43. The van der Waals surface area contributed by atoms with E-state index in [4.69, 9.17) is 5.26 Å². The predicted octanol–water partition coefficient (Wildman–Crippen LogP) is 1.33. The van der Waals surface area contributed by atoms with Gasteiger partial charge in [0, 0.05) is 0 Å². The molecule has 0 radical (unpaired) electrons. The Kier molecular flexibility index (Phi) is 0.590. The molecule has 40 valence electrons. The van der Waals surface area contributed by atoms with Gasteiger partial charge in [-0.3, -0.25) is 0 Å². The lowest BCUT2D eigenvalue weighted by Gasteiger charge is -1.79. The van der Waals surface area contributed by atoms with Crippen LogP contribution in [0.5, 0.6) is 0 Å². The van der Waals surface area contributed by atoms with Gasteiger partial charge in [-0.2, -0.15) is 5.26 Å². The van der Waals surface area contributed by atoms with E-state index in [-0.39, 0.29) is 0 Å². The molecule has 0 bridgehead atoms. The monoisotopic (exact) mass is 105 g/mol. The molecular weight excluding hydrogens is 98.1 g/mol. The van der Waals surface area contributed by atoms with Crippen molar-refractivity contribution < 1.29 is 0 Å². The zero-order valence-corrected chi connectivity index (χ0v) is 4.54. The molecule has 1 fully saturated rings. The number of hydrogen-bond donors (Lipinski definition) is 0. The van der Waals surface area contributed by atoms with Crippen LogP contribution in [-0.2, 0) is 0 Å². The highest BCUT2D eigenvalue weighted by Gasteiger charge is 2.50. The van der Waals surface area contributed by atoms with Crippen molar-refractivity contribution in [2.75, 3.05) is 0 Å². The topological polar surface area (TPSA) is 23.8 Å². The molecule has 1 saturated carbocycles. The highest BCUT2D eigenvalue weighted by molar-refractivity contribution is 5.22. The first-order valence-corrected chi connectivity index (χ1v) is 3.00. The molecule has 0 heterocycles. The van der Waals surface area contributed by atoms with Crippen LogP contribution in [-0.4, -0.2) is 0 Å². The van der Waals surface area contributed by atoms with Crippen LogP contribution in [0.25, 0.3) is 0 Å². The minimum atomic E-state index is 0.389. The van der Waals surface area contributed by atoms with Crippen molar-refractivity contribution in [1.82, 2.24) is 0 Å². The molecule has 0 aromatic heterocycles. The van der Waals surface area contributed by atoms with Crippen molar-refractivity contribution in [2.45, 2.75) is 6.42 Å². The molecule has 2 aliphatic rings. The van der Waals surface area contributed by atoms with E-state index >= 15 is 0 Å². The maximum absolute atomic E-state index is 8.43. The summed E-state index contributed by atoms with van der Waals surface area (Å²) in [5.74, 6) is 1.76. The Bertz CT molecular complexity index is 175. The van der Waals surface area contributed by atoms with Crippen LogP contribution in [0.15, 0.2) is 12.2 Å². The zero-order valence-electron chi connectivity index (χ0n) is 4.54. The minimum Gasteiger partial charge on any atom is -0.198 e. The average Bonchev–Trinajstić information content (AvgIpc) is 2.22. The van der Waals surface area contributed by atoms with Crippen LogP contribution >= 0.6 is 0 Å². The van der Waals surface area contributed by atoms with Gasteiger partial charge in [-0.05, 0) is 18.3 Å². The molecule has 8 heavy (non-hydrogen) atoms. The van der Waals surface area contributed by atoms with Crippen molar-refractivity contribution in [3.8, 4) is 6.07 Å². The van der Waals surface area contributed by atoms with E-state index in [9.17, 15) is 0 Å². The summed E-state index contributed by atoms with van der Waals surface area (Å²) in [5.41, 5.74) is 0. The van der Waals surface area contributed by atoms with Gasteiger partial charge in [0.15, 0.2) is 0 Å². The highest BCUT2D eigenvalue weighted by Crippen LogP contribution is 2.52. The normalized spacial score (nSPS) is 48.1. The van der Waals surface area contributed by atoms with E-state index in [0.29, 0.717) is 11.8 Å². The Balaban J connectivity index is 2.16. The van der Waals surface area contributed by atoms with Crippen molar-refractivity contribution in [3.63, 3.8) is 0 Å². The molecule has 0 aliphatic heterocycles. The molecule has 0 N–H and O–H groups in total. The lowest BCUT2D eigenvalue weighted by molar-refractivity contribution is 0.819. The maximum Gasteiger partial charge on any atom is 0.0665 e. The fourth-order valence-electron chi connectivity index (χ4n) is 1.54. The second-order valence-electron chi connectivity index (χ2n) is 2.56. The molecule has 1 nitrogen and oxygen atoms in total. The smallest absolute Gasteiger partial charge is 0.0665 e.